The van der Waals surface area contributed by atoms with Gasteiger partial charge in [-0.1, -0.05) is 29.3 Å². The van der Waals surface area contributed by atoms with E-state index in [1.54, 1.807) is 0 Å². The minimum atomic E-state index is 0.829. The third-order valence-corrected chi connectivity index (χ3v) is 4.93. The van der Waals surface area contributed by atoms with Crippen LogP contribution in [0.15, 0.2) is 0 Å². The van der Waals surface area contributed by atoms with Gasteiger partial charge in [0, 0.05) is 23.7 Å². The van der Waals surface area contributed by atoms with Crippen LogP contribution in [0.1, 0.15) is 19.8 Å². The maximum atomic E-state index is 3.58. The fourth-order valence-corrected chi connectivity index (χ4v) is 3.67. The molecule has 1 heterocycles. The smallest absolute Gasteiger partial charge is 0.0191 e. The molecule has 0 aromatic heterocycles. The van der Waals surface area contributed by atoms with Crippen molar-refractivity contribution in [3.8, 4) is 0 Å². The molecule has 3 heteroatoms. The average molecular weight is 266 g/mol. The summed E-state index contributed by atoms with van der Waals surface area (Å²) >= 11 is 5.68. The lowest BCUT2D eigenvalue weighted by molar-refractivity contribution is 0.228. The summed E-state index contributed by atoms with van der Waals surface area (Å²) in [4.78, 5) is 2.55. The Labute approximate surface area is 94.8 Å². The van der Waals surface area contributed by atoms with Gasteiger partial charge in [-0.3, -0.25) is 0 Å². The maximum absolute atomic E-state index is 3.58. The van der Waals surface area contributed by atoms with Crippen molar-refractivity contribution in [2.45, 2.75) is 25.8 Å². The molecule has 1 fully saturated rings. The first-order valence-electron chi connectivity index (χ1n) is 5.11. The number of halogens is 1. The highest BCUT2D eigenvalue weighted by Crippen LogP contribution is 2.22. The van der Waals surface area contributed by atoms with Crippen LogP contribution >= 0.6 is 27.7 Å². The first-order valence-corrected chi connectivity index (χ1v) is 7.39. The monoisotopic (exact) mass is 265 g/mol. The summed E-state index contributed by atoms with van der Waals surface area (Å²) in [6.07, 6.45) is 2.68. The number of hydrogen-bond donors (Lipinski definition) is 0. The lowest BCUT2D eigenvalue weighted by atomic mass is 10.1. The highest BCUT2D eigenvalue weighted by molar-refractivity contribution is 9.09. The molecule has 1 aliphatic heterocycles. The molecule has 0 saturated carbocycles. The van der Waals surface area contributed by atoms with Gasteiger partial charge >= 0.3 is 0 Å². The van der Waals surface area contributed by atoms with Crippen LogP contribution in [-0.2, 0) is 0 Å². The molecule has 2 atom stereocenters. The minimum absolute atomic E-state index is 0.829. The highest BCUT2D eigenvalue weighted by Gasteiger charge is 2.21. The summed E-state index contributed by atoms with van der Waals surface area (Å²) in [6, 6.07) is 0.845. The Balaban J connectivity index is 2.25. The molecule has 0 bridgehead atoms. The van der Waals surface area contributed by atoms with Crippen LogP contribution < -0.4 is 0 Å². The molecule has 0 N–H and O–H groups in total. The molecular formula is C10H20BrNS. The number of nitrogens with zero attached hydrogens (tertiary/aromatic N) is 1. The summed E-state index contributed by atoms with van der Waals surface area (Å²) in [5.74, 6) is 3.53. The van der Waals surface area contributed by atoms with Gasteiger partial charge in [-0.25, -0.2) is 0 Å². The van der Waals surface area contributed by atoms with E-state index in [0.29, 0.717) is 0 Å². The van der Waals surface area contributed by atoms with E-state index in [1.165, 1.54) is 30.9 Å². The van der Waals surface area contributed by atoms with E-state index in [2.05, 4.69) is 46.6 Å². The van der Waals surface area contributed by atoms with Crippen LogP contribution in [0.25, 0.3) is 0 Å². The van der Waals surface area contributed by atoms with Crippen molar-refractivity contribution in [3.05, 3.63) is 0 Å². The second kappa shape index (κ2) is 6.31. The fourth-order valence-electron chi connectivity index (χ4n) is 1.71. The number of thioether (sulfide) groups is 1. The predicted octanol–water partition coefficient (Wildman–Crippen LogP) is 2.84. The van der Waals surface area contributed by atoms with Crippen molar-refractivity contribution in [1.29, 1.82) is 0 Å². The maximum Gasteiger partial charge on any atom is 0.0191 e. The molecule has 0 aromatic rings. The molecule has 0 spiro atoms. The topological polar surface area (TPSA) is 3.24 Å². The SMILES string of the molecule is CCC(CBr)CN(C)C1CCSC1. The lowest BCUT2D eigenvalue weighted by Crippen LogP contribution is -2.35. The lowest BCUT2D eigenvalue weighted by Gasteiger charge is -2.27. The van der Waals surface area contributed by atoms with Gasteiger partial charge in [0.15, 0.2) is 0 Å². The summed E-state index contributed by atoms with van der Waals surface area (Å²) < 4.78 is 0. The zero-order valence-electron chi connectivity index (χ0n) is 8.63. The molecule has 0 amide bonds. The van der Waals surface area contributed by atoms with Crippen LogP contribution in [0.2, 0.25) is 0 Å². The number of hydrogen-bond acceptors (Lipinski definition) is 2. The third kappa shape index (κ3) is 3.80. The van der Waals surface area contributed by atoms with Crippen LogP contribution in [0, 0.1) is 5.92 Å². The summed E-state index contributed by atoms with van der Waals surface area (Å²) in [6.45, 7) is 3.54. The molecule has 0 radical (unpaired) electrons. The summed E-state index contributed by atoms with van der Waals surface area (Å²) in [5, 5.41) is 1.15. The minimum Gasteiger partial charge on any atom is -0.302 e. The molecule has 1 nitrogen and oxygen atoms in total. The molecule has 0 aromatic carbocycles. The van der Waals surface area contributed by atoms with E-state index in [4.69, 9.17) is 0 Å². The van der Waals surface area contributed by atoms with Crippen LogP contribution in [0.4, 0.5) is 0 Å². The largest absolute Gasteiger partial charge is 0.302 e. The second-order valence-electron chi connectivity index (χ2n) is 3.89. The van der Waals surface area contributed by atoms with E-state index in [0.717, 1.165) is 17.3 Å². The summed E-state index contributed by atoms with van der Waals surface area (Å²) in [7, 11) is 2.28. The van der Waals surface area contributed by atoms with Gasteiger partial charge in [-0.15, -0.1) is 0 Å². The number of rotatable bonds is 5. The average Bonchev–Trinajstić information content (AvgIpc) is 2.66. The zero-order chi connectivity index (χ0) is 9.68. The Hall–Kier alpha value is 0.790. The standard InChI is InChI=1S/C10H20BrNS/c1-3-9(6-11)7-12(2)10-4-5-13-8-10/h9-10H,3-8H2,1-2H3. The van der Waals surface area contributed by atoms with Crippen LogP contribution in [-0.4, -0.2) is 41.4 Å². The molecule has 13 heavy (non-hydrogen) atoms. The van der Waals surface area contributed by atoms with E-state index < -0.39 is 0 Å². The Morgan fingerprint density at radius 3 is 2.85 bits per heavy atom. The third-order valence-electron chi connectivity index (χ3n) is 2.87. The quantitative estimate of drug-likeness (QED) is 0.704. The van der Waals surface area contributed by atoms with Gasteiger partial charge in [0.05, 0.1) is 0 Å². The number of alkyl halides is 1. The van der Waals surface area contributed by atoms with Crippen LogP contribution in [0.3, 0.4) is 0 Å². The normalized spacial score (nSPS) is 25.4. The molecule has 2 unspecified atom stereocenters. The van der Waals surface area contributed by atoms with Crippen molar-refractivity contribution in [2.75, 3.05) is 30.4 Å². The predicted molar refractivity (Wildman–Crippen MR) is 65.9 cm³/mol. The highest BCUT2D eigenvalue weighted by atomic mass is 79.9. The molecule has 1 aliphatic rings. The van der Waals surface area contributed by atoms with Crippen molar-refractivity contribution in [2.24, 2.45) is 5.92 Å². The molecular weight excluding hydrogens is 246 g/mol. The van der Waals surface area contributed by atoms with E-state index in [1.807, 2.05) is 0 Å². The Morgan fingerprint density at radius 1 is 1.62 bits per heavy atom. The van der Waals surface area contributed by atoms with Gasteiger partial charge in [-0.2, -0.15) is 11.8 Å². The molecule has 1 saturated heterocycles. The Morgan fingerprint density at radius 2 is 2.38 bits per heavy atom. The van der Waals surface area contributed by atoms with Crippen molar-refractivity contribution in [3.63, 3.8) is 0 Å². The van der Waals surface area contributed by atoms with Gasteiger partial charge < -0.3 is 4.90 Å². The Kier molecular flexibility index (Phi) is 5.75. The van der Waals surface area contributed by atoms with Gasteiger partial charge in [0.1, 0.15) is 0 Å². The van der Waals surface area contributed by atoms with Crippen LogP contribution in [0.5, 0.6) is 0 Å². The first-order chi connectivity index (χ1) is 6.27. The van der Waals surface area contributed by atoms with Crippen molar-refractivity contribution < 1.29 is 0 Å². The van der Waals surface area contributed by atoms with Crippen molar-refractivity contribution >= 4 is 27.7 Å². The van der Waals surface area contributed by atoms with E-state index in [9.17, 15) is 0 Å². The van der Waals surface area contributed by atoms with E-state index >= 15 is 0 Å². The molecule has 0 aliphatic carbocycles. The first kappa shape index (κ1) is 11.9. The van der Waals surface area contributed by atoms with Gasteiger partial charge in [-0.05, 0) is 25.1 Å². The molecule has 1 rings (SSSR count). The van der Waals surface area contributed by atoms with Gasteiger partial charge in [0.2, 0.25) is 0 Å². The fraction of sp³-hybridized carbons (Fsp3) is 1.00. The van der Waals surface area contributed by atoms with Crippen molar-refractivity contribution in [1.82, 2.24) is 4.90 Å². The van der Waals surface area contributed by atoms with E-state index in [-0.39, 0.29) is 0 Å². The molecule has 78 valence electrons. The second-order valence-corrected chi connectivity index (χ2v) is 5.68. The van der Waals surface area contributed by atoms with Gasteiger partial charge in [0.25, 0.3) is 0 Å². The summed E-state index contributed by atoms with van der Waals surface area (Å²) in [5.41, 5.74) is 0. The Bertz CT molecular complexity index is 133. The zero-order valence-corrected chi connectivity index (χ0v) is 11.0.